The fraction of sp³-hybridized carbons (Fsp3) is 0.273. The molecule has 0 heterocycles. The number of hydrogen-bond donors (Lipinski definition) is 0. The van der Waals surface area contributed by atoms with Crippen molar-refractivity contribution in [3.63, 3.8) is 0 Å². The minimum atomic E-state index is -2.63. The monoisotopic (exact) mass is 241 g/mol. The Kier molecular flexibility index (Phi) is 4.90. The van der Waals surface area contributed by atoms with E-state index in [1.165, 1.54) is 21.3 Å². The Morgan fingerprint density at radius 3 is 2.00 bits per heavy atom. The van der Waals surface area contributed by atoms with Gasteiger partial charge in [-0.2, -0.15) is 4.74 Å². The molecule has 0 saturated carbocycles. The van der Waals surface area contributed by atoms with Crippen molar-refractivity contribution < 1.29 is 13.6 Å². The van der Waals surface area contributed by atoms with E-state index in [0.29, 0.717) is 5.70 Å². The zero-order valence-electron chi connectivity index (χ0n) is 9.71. The molecule has 0 saturated heterocycles. The van der Waals surface area contributed by atoms with Gasteiger partial charge in [0.15, 0.2) is 0 Å². The molecule has 1 aromatic rings. The van der Waals surface area contributed by atoms with Crippen LogP contribution in [0.5, 0.6) is 0 Å². The van der Waals surface area contributed by atoms with E-state index in [-0.39, 0.29) is 0 Å². The van der Waals surface area contributed by atoms with Crippen LogP contribution < -0.4 is 0 Å². The van der Waals surface area contributed by atoms with Gasteiger partial charge in [0, 0.05) is 21.3 Å². The van der Waals surface area contributed by atoms with Crippen LogP contribution in [0.25, 0.3) is 5.70 Å². The van der Waals surface area contributed by atoms with E-state index in [1.807, 2.05) is 30.3 Å². The summed E-state index contributed by atoms with van der Waals surface area (Å²) in [6, 6.07) is 9.61. The Morgan fingerprint density at radius 1 is 1.06 bits per heavy atom. The summed E-state index contributed by atoms with van der Waals surface area (Å²) in [4.78, 5) is 0. The summed E-state index contributed by atoms with van der Waals surface area (Å²) in [6.07, 6.45) is 0. The molecule has 16 heavy (non-hydrogen) atoms. The van der Waals surface area contributed by atoms with Gasteiger partial charge in [-0.15, -0.1) is 0 Å². The summed E-state index contributed by atoms with van der Waals surface area (Å²) in [5.74, 6) is 0. The normalized spacial score (nSPS) is 11.2. The Labute approximate surface area is 96.2 Å². The van der Waals surface area contributed by atoms with E-state index in [9.17, 15) is 0 Å². The number of benzene rings is 1. The van der Waals surface area contributed by atoms with Crippen molar-refractivity contribution >= 4 is 13.4 Å². The van der Waals surface area contributed by atoms with Crippen molar-refractivity contribution in [3.05, 3.63) is 42.5 Å². The van der Waals surface area contributed by atoms with Crippen LogP contribution in [0.15, 0.2) is 41.7 Å². The average molecular weight is 241 g/mol. The third-order valence-electron chi connectivity index (χ3n) is 2.04. The van der Waals surface area contributed by atoms with Gasteiger partial charge in [-0.3, -0.25) is 0 Å². The highest BCUT2D eigenvalue weighted by molar-refractivity contribution is 7.51. The molecule has 0 amide bonds. The van der Waals surface area contributed by atoms with Crippen molar-refractivity contribution in [2.45, 2.75) is 0 Å². The Morgan fingerprint density at radius 2 is 1.56 bits per heavy atom. The predicted octanol–water partition coefficient (Wildman–Crippen LogP) is 3.54. The summed E-state index contributed by atoms with van der Waals surface area (Å²) >= 11 is 0. The zero-order chi connectivity index (χ0) is 12.0. The number of rotatable bonds is 5. The van der Waals surface area contributed by atoms with Crippen molar-refractivity contribution in [3.8, 4) is 0 Å². The van der Waals surface area contributed by atoms with Crippen LogP contribution in [-0.2, 0) is 13.6 Å². The highest BCUT2D eigenvalue weighted by atomic mass is 31.2. The maximum atomic E-state index is 5.17. The molecule has 1 rings (SSSR count). The first-order valence-corrected chi connectivity index (χ1v) is 6.21. The molecule has 0 spiro atoms. The van der Waals surface area contributed by atoms with Crippen molar-refractivity contribution in [1.29, 1.82) is 0 Å². The number of hydrogen-bond acceptors (Lipinski definition) is 4. The fourth-order valence-corrected chi connectivity index (χ4v) is 2.29. The average Bonchev–Trinajstić information content (AvgIpc) is 2.37. The lowest BCUT2D eigenvalue weighted by Crippen LogP contribution is -1.92. The molecular weight excluding hydrogens is 225 g/mol. The molecular formula is C11H16NO3P. The van der Waals surface area contributed by atoms with Crippen LogP contribution in [0.1, 0.15) is 5.56 Å². The third kappa shape index (κ3) is 3.03. The summed E-state index contributed by atoms with van der Waals surface area (Å²) < 4.78 is 19.8. The van der Waals surface area contributed by atoms with Crippen LogP contribution in [0.4, 0.5) is 0 Å². The van der Waals surface area contributed by atoms with E-state index in [4.69, 9.17) is 13.6 Å². The summed E-state index contributed by atoms with van der Waals surface area (Å²) in [6.45, 7) is 3.87. The minimum Gasteiger partial charge on any atom is -0.306 e. The summed E-state index contributed by atoms with van der Waals surface area (Å²) in [5.41, 5.74) is 1.50. The number of nitrogens with zero attached hydrogens (tertiary/aromatic N) is 1. The molecule has 0 aliphatic carbocycles. The Bertz CT molecular complexity index is 384. The zero-order valence-corrected chi connectivity index (χ0v) is 10.6. The first kappa shape index (κ1) is 13.1. The highest BCUT2D eigenvalue weighted by Gasteiger charge is 2.18. The molecule has 0 aliphatic rings. The smallest absolute Gasteiger partial charge is 0.306 e. The molecule has 88 valence electrons. The highest BCUT2D eigenvalue weighted by Crippen LogP contribution is 2.52. The van der Waals surface area contributed by atoms with Gasteiger partial charge in [0.1, 0.15) is 0 Å². The second-order valence-electron chi connectivity index (χ2n) is 2.93. The Balaban J connectivity index is 3.03. The second kappa shape index (κ2) is 5.97. The van der Waals surface area contributed by atoms with Gasteiger partial charge in [-0.25, -0.2) is 0 Å². The molecule has 5 heteroatoms. The topological polar surface area (TPSA) is 40.0 Å². The SMILES string of the molecule is C=C(N=P(OC)(OC)OC)c1ccccc1. The molecule has 0 unspecified atom stereocenters. The van der Waals surface area contributed by atoms with Gasteiger partial charge in [-0.05, 0) is 5.56 Å². The van der Waals surface area contributed by atoms with Gasteiger partial charge in [0.05, 0.1) is 5.70 Å². The molecule has 4 nitrogen and oxygen atoms in total. The van der Waals surface area contributed by atoms with Crippen molar-refractivity contribution in [1.82, 2.24) is 0 Å². The van der Waals surface area contributed by atoms with E-state index in [0.717, 1.165) is 5.56 Å². The van der Waals surface area contributed by atoms with Crippen molar-refractivity contribution in [2.75, 3.05) is 21.3 Å². The molecule has 0 N–H and O–H groups in total. The standard InChI is InChI=1S/C11H16NO3P/c1-10(11-8-6-5-7-9-11)12-16(13-2,14-3)15-4/h5-9H,1H2,2-4H3. The molecule has 0 radical (unpaired) electrons. The lowest BCUT2D eigenvalue weighted by Gasteiger charge is -2.17. The lowest BCUT2D eigenvalue weighted by atomic mass is 10.2. The molecule has 1 aromatic carbocycles. The first-order valence-electron chi connectivity index (χ1n) is 4.71. The van der Waals surface area contributed by atoms with Crippen LogP contribution in [0, 0.1) is 0 Å². The van der Waals surface area contributed by atoms with E-state index in [2.05, 4.69) is 11.3 Å². The van der Waals surface area contributed by atoms with Crippen LogP contribution in [-0.4, -0.2) is 21.3 Å². The van der Waals surface area contributed by atoms with Crippen LogP contribution >= 0.6 is 7.74 Å². The maximum Gasteiger partial charge on any atom is 0.359 e. The molecule has 0 fully saturated rings. The minimum absolute atomic E-state index is 0.583. The molecule has 0 atom stereocenters. The molecule has 0 aromatic heterocycles. The van der Waals surface area contributed by atoms with E-state index in [1.54, 1.807) is 0 Å². The Hall–Kier alpha value is -0.930. The van der Waals surface area contributed by atoms with Gasteiger partial charge in [-0.1, -0.05) is 36.9 Å². The largest absolute Gasteiger partial charge is 0.359 e. The van der Waals surface area contributed by atoms with Crippen LogP contribution in [0.2, 0.25) is 0 Å². The van der Waals surface area contributed by atoms with Crippen molar-refractivity contribution in [2.24, 2.45) is 4.74 Å². The lowest BCUT2D eigenvalue weighted by molar-refractivity contribution is 0.225. The second-order valence-corrected chi connectivity index (χ2v) is 5.16. The van der Waals surface area contributed by atoms with Crippen LogP contribution in [0.3, 0.4) is 0 Å². The van der Waals surface area contributed by atoms with Gasteiger partial charge >= 0.3 is 7.74 Å². The summed E-state index contributed by atoms with van der Waals surface area (Å²) in [7, 11) is 1.87. The third-order valence-corrected chi connectivity index (χ3v) is 3.91. The first-order chi connectivity index (χ1) is 7.67. The summed E-state index contributed by atoms with van der Waals surface area (Å²) in [5, 5.41) is 0. The predicted molar refractivity (Wildman–Crippen MR) is 65.9 cm³/mol. The fourth-order valence-electron chi connectivity index (χ4n) is 1.18. The molecule has 0 bridgehead atoms. The maximum absolute atomic E-state index is 5.17. The molecule has 0 aliphatic heterocycles. The van der Waals surface area contributed by atoms with Gasteiger partial charge in [0.25, 0.3) is 0 Å². The quantitative estimate of drug-likeness (QED) is 0.740. The van der Waals surface area contributed by atoms with E-state index >= 15 is 0 Å². The van der Waals surface area contributed by atoms with Gasteiger partial charge < -0.3 is 13.6 Å². The van der Waals surface area contributed by atoms with E-state index < -0.39 is 7.74 Å². The van der Waals surface area contributed by atoms with Gasteiger partial charge in [0.2, 0.25) is 0 Å².